The van der Waals surface area contributed by atoms with Crippen molar-refractivity contribution in [1.29, 1.82) is 0 Å². The molecule has 2 saturated carbocycles. The maximum atomic E-state index is 12.8. The predicted molar refractivity (Wildman–Crippen MR) is 111 cm³/mol. The van der Waals surface area contributed by atoms with Gasteiger partial charge in [-0.3, -0.25) is 9.59 Å². The number of carboxylic acid groups (broad SMARTS) is 1. The molecular formula is C23H37NO5. The van der Waals surface area contributed by atoms with E-state index in [0.29, 0.717) is 25.0 Å². The molecule has 0 aromatic rings. The Morgan fingerprint density at radius 3 is 2.03 bits per heavy atom. The average Bonchev–Trinajstić information content (AvgIpc) is 2.75. The van der Waals surface area contributed by atoms with Gasteiger partial charge in [-0.2, -0.15) is 0 Å². The van der Waals surface area contributed by atoms with E-state index in [1.165, 1.54) is 0 Å². The Kier molecular flexibility index (Phi) is 9.18. The van der Waals surface area contributed by atoms with Crippen molar-refractivity contribution < 1.29 is 24.2 Å². The van der Waals surface area contributed by atoms with Gasteiger partial charge < -0.3 is 14.7 Å². The number of amides is 1. The van der Waals surface area contributed by atoms with Gasteiger partial charge >= 0.3 is 11.9 Å². The Morgan fingerprint density at radius 1 is 1.03 bits per heavy atom. The lowest BCUT2D eigenvalue weighted by atomic mass is 9.69. The zero-order valence-electron chi connectivity index (χ0n) is 18.0. The van der Waals surface area contributed by atoms with Gasteiger partial charge in [0.1, 0.15) is 0 Å². The first-order valence-electron chi connectivity index (χ1n) is 11.1. The topological polar surface area (TPSA) is 83.9 Å². The average molecular weight is 408 g/mol. The number of nitrogens with zero attached hydrogens (tertiary/aromatic N) is 1. The first kappa shape index (κ1) is 23.4. The van der Waals surface area contributed by atoms with E-state index in [1.807, 2.05) is 18.9 Å². The number of hydrogen-bond acceptors (Lipinski definition) is 4. The third-order valence-corrected chi connectivity index (χ3v) is 6.92. The molecule has 164 valence electrons. The highest BCUT2D eigenvalue weighted by molar-refractivity contribution is 5.81. The van der Waals surface area contributed by atoms with Gasteiger partial charge in [-0.1, -0.05) is 13.5 Å². The molecule has 0 spiro atoms. The molecule has 2 fully saturated rings. The lowest BCUT2D eigenvalue weighted by Gasteiger charge is -2.37. The van der Waals surface area contributed by atoms with Crippen LogP contribution in [-0.2, 0) is 19.1 Å². The molecule has 0 saturated heterocycles. The number of carboxylic acids is 1. The van der Waals surface area contributed by atoms with Crippen LogP contribution < -0.4 is 0 Å². The minimum absolute atomic E-state index is 0.112. The van der Waals surface area contributed by atoms with E-state index in [4.69, 9.17) is 9.84 Å². The Labute approximate surface area is 174 Å². The second-order valence-corrected chi connectivity index (χ2v) is 9.05. The molecule has 0 aromatic heterocycles. The first-order chi connectivity index (χ1) is 13.8. The van der Waals surface area contributed by atoms with Crippen molar-refractivity contribution in [1.82, 2.24) is 4.90 Å². The van der Waals surface area contributed by atoms with Gasteiger partial charge in [-0.25, -0.2) is 4.79 Å². The summed E-state index contributed by atoms with van der Waals surface area (Å²) >= 11 is 0. The van der Waals surface area contributed by atoms with Gasteiger partial charge in [0.05, 0.1) is 12.5 Å². The molecule has 6 heteroatoms. The molecule has 0 aromatic carbocycles. The zero-order chi connectivity index (χ0) is 21.4. The summed E-state index contributed by atoms with van der Waals surface area (Å²) in [6.07, 6.45) is 9.68. The van der Waals surface area contributed by atoms with Gasteiger partial charge in [0.15, 0.2) is 0 Å². The van der Waals surface area contributed by atoms with Crippen molar-refractivity contribution in [3.05, 3.63) is 12.7 Å². The number of esters is 1. The van der Waals surface area contributed by atoms with Crippen molar-refractivity contribution in [3.8, 4) is 0 Å². The van der Waals surface area contributed by atoms with E-state index in [9.17, 15) is 14.4 Å². The van der Waals surface area contributed by atoms with Crippen LogP contribution in [0, 0.1) is 29.6 Å². The molecule has 0 aliphatic heterocycles. The van der Waals surface area contributed by atoms with Crippen molar-refractivity contribution in [3.63, 3.8) is 0 Å². The fraction of sp³-hybridized carbons (Fsp3) is 0.783. The van der Waals surface area contributed by atoms with Crippen LogP contribution in [0.4, 0.5) is 0 Å². The second kappa shape index (κ2) is 11.4. The summed E-state index contributed by atoms with van der Waals surface area (Å²) in [7, 11) is 1.87. The van der Waals surface area contributed by atoms with Crippen molar-refractivity contribution >= 4 is 17.8 Å². The predicted octanol–water partition coefficient (Wildman–Crippen LogP) is 3.90. The monoisotopic (exact) mass is 407 g/mol. The molecule has 6 nitrogen and oxygen atoms in total. The lowest BCUT2D eigenvalue weighted by molar-refractivity contribution is -0.143. The normalized spacial score (nSPS) is 28.2. The Morgan fingerprint density at radius 2 is 1.55 bits per heavy atom. The molecule has 0 heterocycles. The van der Waals surface area contributed by atoms with Gasteiger partial charge in [-0.15, -0.1) is 0 Å². The number of rotatable bonds is 9. The minimum atomic E-state index is -0.644. The zero-order valence-corrected chi connectivity index (χ0v) is 18.0. The van der Waals surface area contributed by atoms with Crippen molar-refractivity contribution in [2.45, 2.75) is 64.7 Å². The third-order valence-electron chi connectivity index (χ3n) is 6.92. The first-order valence-corrected chi connectivity index (χ1v) is 11.1. The Hall–Kier alpha value is -1.85. The lowest BCUT2D eigenvalue weighted by Crippen LogP contribution is -2.37. The molecule has 1 atom stereocenters. The summed E-state index contributed by atoms with van der Waals surface area (Å²) in [5, 5.41) is 9.16. The summed E-state index contributed by atoms with van der Waals surface area (Å²) < 4.78 is 5.06. The van der Waals surface area contributed by atoms with E-state index < -0.39 is 11.9 Å². The molecule has 2 aliphatic rings. The highest BCUT2D eigenvalue weighted by atomic mass is 16.5. The molecule has 29 heavy (non-hydrogen) atoms. The highest BCUT2D eigenvalue weighted by Gasteiger charge is 2.35. The molecule has 0 bridgehead atoms. The smallest absolute Gasteiger partial charge is 0.330 e. The number of carbonyl (C=O) groups excluding carboxylic acids is 2. The number of ether oxygens (including phenoxy) is 1. The summed E-state index contributed by atoms with van der Waals surface area (Å²) in [5.74, 6) is 0.626. The molecular weight excluding hydrogens is 370 g/mol. The van der Waals surface area contributed by atoms with E-state index in [1.54, 1.807) is 0 Å². The van der Waals surface area contributed by atoms with Crippen LogP contribution in [0.3, 0.4) is 0 Å². The fourth-order valence-corrected chi connectivity index (χ4v) is 4.88. The van der Waals surface area contributed by atoms with E-state index in [-0.39, 0.29) is 23.7 Å². The van der Waals surface area contributed by atoms with Gasteiger partial charge in [0.2, 0.25) is 5.91 Å². The summed E-state index contributed by atoms with van der Waals surface area (Å²) in [6.45, 7) is 6.42. The summed E-state index contributed by atoms with van der Waals surface area (Å²) in [6, 6.07) is 0. The molecule has 2 rings (SSSR count). The largest absolute Gasteiger partial charge is 0.481 e. The standard InChI is InChI=1S/C23H37NO5/c1-4-21(25)29-15-16(2)13-14-24(3)22(26)19-9-5-17(6-10-19)18-7-11-20(12-8-18)23(27)28/h4,16-20H,1,5-15H2,2-3H3,(H,27,28). The van der Waals surface area contributed by atoms with E-state index in [2.05, 4.69) is 6.58 Å². The molecule has 1 N–H and O–H groups in total. The molecule has 2 aliphatic carbocycles. The quantitative estimate of drug-likeness (QED) is 0.463. The maximum absolute atomic E-state index is 12.8. The SMILES string of the molecule is C=CC(=O)OCC(C)CCN(C)C(=O)C1CCC(C2CCC(C(=O)O)CC2)CC1. The van der Waals surface area contributed by atoms with Gasteiger partial charge in [-0.05, 0) is 75.5 Å². The molecule has 1 unspecified atom stereocenters. The van der Waals surface area contributed by atoms with Crippen LogP contribution in [-0.4, -0.2) is 48.1 Å². The van der Waals surface area contributed by atoms with Gasteiger partial charge in [0.25, 0.3) is 0 Å². The van der Waals surface area contributed by atoms with E-state index >= 15 is 0 Å². The molecule has 1 amide bonds. The minimum Gasteiger partial charge on any atom is -0.481 e. The Bertz CT molecular complexity index is 574. The van der Waals surface area contributed by atoms with Crippen LogP contribution in [0.1, 0.15) is 64.7 Å². The third kappa shape index (κ3) is 7.16. The van der Waals surface area contributed by atoms with Crippen LogP contribution in [0.2, 0.25) is 0 Å². The van der Waals surface area contributed by atoms with Crippen molar-refractivity contribution in [2.24, 2.45) is 29.6 Å². The Balaban J connectivity index is 1.67. The van der Waals surface area contributed by atoms with Crippen LogP contribution >= 0.6 is 0 Å². The number of carbonyl (C=O) groups is 3. The maximum Gasteiger partial charge on any atom is 0.330 e. The van der Waals surface area contributed by atoms with Crippen LogP contribution in [0.5, 0.6) is 0 Å². The van der Waals surface area contributed by atoms with Crippen molar-refractivity contribution in [2.75, 3.05) is 20.2 Å². The number of aliphatic carboxylic acids is 1. The van der Waals surface area contributed by atoms with Crippen LogP contribution in [0.15, 0.2) is 12.7 Å². The van der Waals surface area contributed by atoms with Crippen LogP contribution in [0.25, 0.3) is 0 Å². The van der Waals surface area contributed by atoms with Gasteiger partial charge in [0, 0.05) is 25.6 Å². The van der Waals surface area contributed by atoms with E-state index in [0.717, 1.165) is 63.9 Å². The summed E-state index contributed by atoms with van der Waals surface area (Å²) in [4.78, 5) is 36.9. The number of hydrogen-bond donors (Lipinski definition) is 1. The summed E-state index contributed by atoms with van der Waals surface area (Å²) in [5.41, 5.74) is 0. The second-order valence-electron chi connectivity index (χ2n) is 9.05. The fourth-order valence-electron chi connectivity index (χ4n) is 4.88. The molecule has 0 radical (unpaired) electrons. The highest BCUT2D eigenvalue weighted by Crippen LogP contribution is 2.41.